The first kappa shape index (κ1) is 25.4. The second kappa shape index (κ2) is 12.8. The van der Waals surface area contributed by atoms with Crippen molar-refractivity contribution in [3.63, 3.8) is 0 Å². The average Bonchev–Trinajstić information content (AvgIpc) is 2.86. The minimum absolute atomic E-state index is 0. The van der Waals surface area contributed by atoms with Crippen LogP contribution in [0, 0.1) is 6.92 Å². The molecule has 0 saturated heterocycles. The number of hydrogen-bond acceptors (Lipinski definition) is 3. The molecular formula is C17H30F3IN4S. The first-order valence-corrected chi connectivity index (χ1v) is 9.36. The van der Waals surface area contributed by atoms with Crippen molar-refractivity contribution < 1.29 is 13.2 Å². The summed E-state index contributed by atoms with van der Waals surface area (Å²) in [5.41, 5.74) is 0. The summed E-state index contributed by atoms with van der Waals surface area (Å²) in [4.78, 5) is 8.35. The van der Waals surface area contributed by atoms with Crippen LogP contribution in [0.3, 0.4) is 0 Å². The van der Waals surface area contributed by atoms with Crippen LogP contribution in [-0.4, -0.2) is 56.3 Å². The van der Waals surface area contributed by atoms with Crippen LogP contribution in [0.2, 0.25) is 0 Å². The molecule has 0 aliphatic carbocycles. The smallest absolute Gasteiger partial charge is 0.357 e. The third kappa shape index (κ3) is 11.9. The van der Waals surface area contributed by atoms with Crippen LogP contribution < -0.4 is 10.6 Å². The van der Waals surface area contributed by atoms with Crippen LogP contribution in [0.15, 0.2) is 17.1 Å². The van der Waals surface area contributed by atoms with E-state index in [0.29, 0.717) is 25.5 Å². The molecule has 1 aromatic heterocycles. The lowest BCUT2D eigenvalue weighted by Gasteiger charge is -2.19. The molecule has 152 valence electrons. The lowest BCUT2D eigenvalue weighted by atomic mass is 10.2. The highest BCUT2D eigenvalue weighted by Gasteiger charge is 2.28. The van der Waals surface area contributed by atoms with E-state index in [1.807, 2.05) is 6.92 Å². The van der Waals surface area contributed by atoms with Gasteiger partial charge in [-0.15, -0.1) is 35.3 Å². The van der Waals surface area contributed by atoms with Crippen molar-refractivity contribution in [3.8, 4) is 0 Å². The predicted octanol–water partition coefficient (Wildman–Crippen LogP) is 4.04. The van der Waals surface area contributed by atoms with Gasteiger partial charge in [-0.05, 0) is 52.9 Å². The van der Waals surface area contributed by atoms with Crippen molar-refractivity contribution in [2.75, 3.05) is 33.2 Å². The van der Waals surface area contributed by atoms with Gasteiger partial charge in [-0.25, -0.2) is 0 Å². The Bertz CT molecular complexity index is 534. The number of aryl methyl sites for hydroxylation is 1. The number of thiophene rings is 1. The largest absolute Gasteiger partial charge is 0.401 e. The number of hydrogen-bond donors (Lipinski definition) is 2. The maximum atomic E-state index is 12.3. The fourth-order valence-corrected chi connectivity index (χ4v) is 3.44. The van der Waals surface area contributed by atoms with E-state index in [0.717, 1.165) is 13.0 Å². The third-order valence-corrected chi connectivity index (χ3v) is 4.47. The van der Waals surface area contributed by atoms with Gasteiger partial charge in [0.05, 0.1) is 6.54 Å². The van der Waals surface area contributed by atoms with Gasteiger partial charge >= 0.3 is 6.18 Å². The van der Waals surface area contributed by atoms with Gasteiger partial charge in [0, 0.05) is 35.3 Å². The van der Waals surface area contributed by atoms with E-state index >= 15 is 0 Å². The normalized spacial score (nSPS) is 13.5. The number of alkyl halides is 3. The van der Waals surface area contributed by atoms with Gasteiger partial charge in [0.2, 0.25) is 0 Å². The summed E-state index contributed by atoms with van der Waals surface area (Å²) in [6, 6.07) is 4.48. The van der Waals surface area contributed by atoms with Crippen LogP contribution in [0.1, 0.15) is 30.0 Å². The van der Waals surface area contributed by atoms with Crippen molar-refractivity contribution in [2.24, 2.45) is 4.99 Å². The summed E-state index contributed by atoms with van der Waals surface area (Å²) in [6.07, 6.45) is -2.65. The molecule has 0 amide bonds. The fourth-order valence-electron chi connectivity index (χ4n) is 2.42. The summed E-state index contributed by atoms with van der Waals surface area (Å²) in [7, 11) is 1.48. The standard InChI is InChI=1S/C17H29F3N4S.HI/c1-5-21-16(22-9-6-10-24(4)12-17(18,19)20)23-13(2)11-15-8-7-14(3)25-15;/h7-8,13H,5-6,9-12H2,1-4H3,(H2,21,22,23);1H. The van der Waals surface area contributed by atoms with Crippen LogP contribution >= 0.6 is 35.3 Å². The highest BCUT2D eigenvalue weighted by Crippen LogP contribution is 2.17. The van der Waals surface area contributed by atoms with Crippen molar-refractivity contribution >= 4 is 41.3 Å². The topological polar surface area (TPSA) is 39.7 Å². The first-order valence-electron chi connectivity index (χ1n) is 8.55. The summed E-state index contributed by atoms with van der Waals surface area (Å²) < 4.78 is 36.8. The van der Waals surface area contributed by atoms with Gasteiger partial charge in [-0.1, -0.05) is 0 Å². The van der Waals surface area contributed by atoms with Crippen LogP contribution in [0.25, 0.3) is 0 Å². The molecule has 0 spiro atoms. The summed E-state index contributed by atoms with van der Waals surface area (Å²) in [5, 5.41) is 6.53. The molecule has 0 fully saturated rings. The Labute approximate surface area is 175 Å². The molecule has 1 rings (SSSR count). The van der Waals surface area contributed by atoms with Gasteiger partial charge in [-0.2, -0.15) is 13.2 Å². The molecule has 0 aliphatic rings. The zero-order valence-corrected chi connectivity index (χ0v) is 19.0. The molecule has 26 heavy (non-hydrogen) atoms. The van der Waals surface area contributed by atoms with E-state index in [-0.39, 0.29) is 30.0 Å². The number of nitrogens with one attached hydrogen (secondary N) is 2. The number of guanidine groups is 1. The predicted molar refractivity (Wildman–Crippen MR) is 115 cm³/mol. The SMILES string of the molecule is CCNC(=NCCCN(C)CC(F)(F)F)NC(C)Cc1ccc(C)s1.I. The van der Waals surface area contributed by atoms with Gasteiger partial charge in [-0.3, -0.25) is 9.89 Å². The van der Waals surface area contributed by atoms with Crippen molar-refractivity contribution in [1.29, 1.82) is 0 Å². The summed E-state index contributed by atoms with van der Waals surface area (Å²) in [6.45, 7) is 6.89. The molecule has 1 aromatic rings. The number of aliphatic imine (C=N–C) groups is 1. The molecular weight excluding hydrogens is 476 g/mol. The molecule has 9 heteroatoms. The minimum Gasteiger partial charge on any atom is -0.357 e. The van der Waals surface area contributed by atoms with E-state index < -0.39 is 12.7 Å². The Morgan fingerprint density at radius 2 is 2.04 bits per heavy atom. The zero-order valence-electron chi connectivity index (χ0n) is 15.8. The Kier molecular flexibility index (Phi) is 12.5. The Morgan fingerprint density at radius 3 is 2.58 bits per heavy atom. The molecule has 4 nitrogen and oxygen atoms in total. The molecule has 0 aliphatic heterocycles. The van der Waals surface area contributed by atoms with E-state index in [1.165, 1.54) is 21.7 Å². The monoisotopic (exact) mass is 506 g/mol. The van der Waals surface area contributed by atoms with Gasteiger partial charge in [0.15, 0.2) is 5.96 Å². The quantitative estimate of drug-likeness (QED) is 0.230. The third-order valence-electron chi connectivity index (χ3n) is 3.45. The number of halogens is 4. The van der Waals surface area contributed by atoms with Gasteiger partial charge < -0.3 is 10.6 Å². The number of rotatable bonds is 9. The molecule has 1 unspecified atom stereocenters. The van der Waals surface area contributed by atoms with Gasteiger partial charge in [0.1, 0.15) is 0 Å². The lowest BCUT2D eigenvalue weighted by molar-refractivity contribution is -0.143. The minimum atomic E-state index is -4.15. The zero-order chi connectivity index (χ0) is 18.9. The molecule has 2 N–H and O–H groups in total. The maximum Gasteiger partial charge on any atom is 0.401 e. The fraction of sp³-hybridized carbons (Fsp3) is 0.706. The summed E-state index contributed by atoms with van der Waals surface area (Å²) >= 11 is 1.79. The summed E-state index contributed by atoms with van der Waals surface area (Å²) in [5.74, 6) is 0.710. The first-order chi connectivity index (χ1) is 11.7. The molecule has 0 saturated carbocycles. The Morgan fingerprint density at radius 1 is 1.35 bits per heavy atom. The molecule has 0 radical (unpaired) electrons. The van der Waals surface area contributed by atoms with Crippen LogP contribution in [0.5, 0.6) is 0 Å². The van der Waals surface area contributed by atoms with E-state index in [4.69, 9.17) is 0 Å². The second-order valence-corrected chi connectivity index (χ2v) is 7.60. The van der Waals surface area contributed by atoms with Crippen LogP contribution in [0.4, 0.5) is 13.2 Å². The van der Waals surface area contributed by atoms with Crippen molar-refractivity contribution in [1.82, 2.24) is 15.5 Å². The maximum absolute atomic E-state index is 12.3. The molecule has 0 bridgehead atoms. The number of nitrogens with zero attached hydrogens (tertiary/aromatic N) is 2. The Balaban J connectivity index is 0.00000625. The molecule has 1 atom stereocenters. The van der Waals surface area contributed by atoms with Gasteiger partial charge in [0.25, 0.3) is 0 Å². The van der Waals surface area contributed by atoms with E-state index in [2.05, 4.69) is 41.6 Å². The van der Waals surface area contributed by atoms with Crippen molar-refractivity contribution in [2.45, 2.75) is 45.8 Å². The highest BCUT2D eigenvalue weighted by atomic mass is 127. The van der Waals surface area contributed by atoms with Crippen LogP contribution in [-0.2, 0) is 6.42 Å². The Hall–Kier alpha value is -0.550. The lowest BCUT2D eigenvalue weighted by Crippen LogP contribution is -2.43. The molecule has 1 heterocycles. The van der Waals surface area contributed by atoms with E-state index in [9.17, 15) is 13.2 Å². The average molecular weight is 506 g/mol. The van der Waals surface area contributed by atoms with Crippen molar-refractivity contribution in [3.05, 3.63) is 21.9 Å². The highest BCUT2D eigenvalue weighted by molar-refractivity contribution is 14.0. The molecule has 0 aromatic carbocycles. The second-order valence-electron chi connectivity index (χ2n) is 6.23. The van der Waals surface area contributed by atoms with E-state index in [1.54, 1.807) is 11.3 Å².